The van der Waals surface area contributed by atoms with E-state index in [-0.39, 0.29) is 29.0 Å². The fourth-order valence-electron chi connectivity index (χ4n) is 3.38. The Hall–Kier alpha value is -3.53. The lowest BCUT2D eigenvalue weighted by Gasteiger charge is -2.13. The van der Waals surface area contributed by atoms with E-state index < -0.39 is 10.8 Å². The molecular weight excluding hydrogens is 527 g/mol. The number of carbonyl (C=O) groups is 2. The van der Waals surface area contributed by atoms with Gasteiger partial charge in [-0.25, -0.2) is 0 Å². The Morgan fingerprint density at radius 2 is 1.69 bits per heavy atom. The van der Waals surface area contributed by atoms with E-state index in [1.807, 2.05) is 0 Å². The maximum absolute atomic E-state index is 12.9. The summed E-state index contributed by atoms with van der Waals surface area (Å²) in [6.07, 6.45) is 1.61. The standard InChI is InChI=1S/C25H18Cl2N2O6S/c1-34-22-11-16(5-9-21(22)35-14-15-2-6-18(7-3-15)29(32)33)12-23-24(30)28(25(31)36-23)13-17-4-8-19(26)20(27)10-17/h2-12H,13-14H2,1H3/b23-12-. The Morgan fingerprint density at radius 1 is 0.972 bits per heavy atom. The summed E-state index contributed by atoms with van der Waals surface area (Å²) in [7, 11) is 1.49. The molecule has 1 aliphatic rings. The summed E-state index contributed by atoms with van der Waals surface area (Å²) in [5.41, 5.74) is 2.09. The monoisotopic (exact) mass is 544 g/mol. The highest BCUT2D eigenvalue weighted by atomic mass is 35.5. The molecule has 0 bridgehead atoms. The van der Waals surface area contributed by atoms with Gasteiger partial charge >= 0.3 is 0 Å². The summed E-state index contributed by atoms with van der Waals surface area (Å²) >= 11 is 12.8. The van der Waals surface area contributed by atoms with Gasteiger partial charge in [-0.2, -0.15) is 0 Å². The van der Waals surface area contributed by atoms with Gasteiger partial charge in [-0.1, -0.05) is 35.3 Å². The van der Waals surface area contributed by atoms with Crippen LogP contribution in [0.3, 0.4) is 0 Å². The van der Waals surface area contributed by atoms with Crippen LogP contribution in [0.1, 0.15) is 16.7 Å². The number of imide groups is 1. The molecule has 0 aromatic heterocycles. The van der Waals surface area contributed by atoms with Gasteiger partial charge in [-0.15, -0.1) is 0 Å². The number of hydrogen-bond acceptors (Lipinski definition) is 7. The second-order valence-corrected chi connectivity index (χ2v) is 9.45. The Bertz CT molecular complexity index is 1380. The minimum atomic E-state index is -0.464. The molecule has 3 aromatic carbocycles. The van der Waals surface area contributed by atoms with Crippen LogP contribution in [0.5, 0.6) is 11.5 Å². The molecule has 0 radical (unpaired) electrons. The third-order valence-electron chi connectivity index (χ3n) is 5.23. The molecule has 1 saturated heterocycles. The summed E-state index contributed by atoms with van der Waals surface area (Å²) in [6, 6.07) is 16.1. The van der Waals surface area contributed by atoms with E-state index in [2.05, 4.69) is 0 Å². The van der Waals surface area contributed by atoms with Crippen LogP contribution in [0.4, 0.5) is 10.5 Å². The van der Waals surface area contributed by atoms with E-state index in [9.17, 15) is 19.7 Å². The molecule has 2 amide bonds. The first kappa shape index (κ1) is 25.6. The zero-order valence-corrected chi connectivity index (χ0v) is 21.1. The highest BCUT2D eigenvalue weighted by Gasteiger charge is 2.35. The topological polar surface area (TPSA) is 99.0 Å². The largest absolute Gasteiger partial charge is 0.493 e. The minimum absolute atomic E-state index is 0.00191. The van der Waals surface area contributed by atoms with Gasteiger partial charge in [-0.3, -0.25) is 24.6 Å². The van der Waals surface area contributed by atoms with Crippen LogP contribution in [0.25, 0.3) is 6.08 Å². The van der Waals surface area contributed by atoms with Crippen LogP contribution in [-0.2, 0) is 17.9 Å². The number of rotatable bonds is 8. The number of halogens is 2. The first-order valence-corrected chi connectivity index (χ1v) is 12.1. The van der Waals surface area contributed by atoms with Crippen molar-refractivity contribution in [1.29, 1.82) is 0 Å². The number of carbonyl (C=O) groups excluding carboxylic acids is 2. The van der Waals surface area contributed by atoms with Crippen molar-refractivity contribution in [2.24, 2.45) is 0 Å². The average Bonchev–Trinajstić information content (AvgIpc) is 3.12. The Morgan fingerprint density at radius 3 is 2.36 bits per heavy atom. The number of non-ortho nitro benzene ring substituents is 1. The zero-order chi connectivity index (χ0) is 25.8. The fraction of sp³-hybridized carbons (Fsp3) is 0.120. The summed E-state index contributed by atoms with van der Waals surface area (Å²) in [6.45, 7) is 0.263. The average molecular weight is 545 g/mol. The molecule has 8 nitrogen and oxygen atoms in total. The molecule has 0 saturated carbocycles. The SMILES string of the molecule is COc1cc(/C=C2\SC(=O)N(Cc3ccc(Cl)c(Cl)c3)C2=O)ccc1OCc1ccc([N+](=O)[O-])cc1. The van der Waals surface area contributed by atoms with E-state index in [0.29, 0.717) is 32.7 Å². The van der Waals surface area contributed by atoms with Crippen LogP contribution >= 0.6 is 35.0 Å². The van der Waals surface area contributed by atoms with E-state index in [1.165, 1.54) is 19.2 Å². The summed E-state index contributed by atoms with van der Waals surface area (Å²) in [4.78, 5) is 37.1. The molecule has 1 aliphatic heterocycles. The quantitative estimate of drug-likeness (QED) is 0.176. The molecule has 4 rings (SSSR count). The maximum atomic E-state index is 12.9. The number of methoxy groups -OCH3 is 1. The molecule has 3 aromatic rings. The number of nitro groups is 1. The number of nitrogens with zero attached hydrogens (tertiary/aromatic N) is 2. The number of benzene rings is 3. The number of ether oxygens (including phenoxy) is 2. The van der Waals surface area contributed by atoms with Gasteiger partial charge in [-0.05, 0) is 70.9 Å². The second-order valence-electron chi connectivity index (χ2n) is 7.64. The van der Waals surface area contributed by atoms with Crippen molar-refractivity contribution < 1.29 is 24.0 Å². The lowest BCUT2D eigenvalue weighted by atomic mass is 10.1. The lowest BCUT2D eigenvalue weighted by molar-refractivity contribution is -0.384. The van der Waals surface area contributed by atoms with Crippen molar-refractivity contribution in [3.05, 3.63) is 102 Å². The van der Waals surface area contributed by atoms with Crippen LogP contribution < -0.4 is 9.47 Å². The molecule has 36 heavy (non-hydrogen) atoms. The summed E-state index contributed by atoms with van der Waals surface area (Å²) < 4.78 is 11.2. The first-order valence-electron chi connectivity index (χ1n) is 10.5. The van der Waals surface area contributed by atoms with Gasteiger partial charge in [0.2, 0.25) is 0 Å². The molecule has 184 valence electrons. The molecule has 0 aliphatic carbocycles. The van der Waals surface area contributed by atoms with Crippen LogP contribution in [0.15, 0.2) is 65.6 Å². The minimum Gasteiger partial charge on any atom is -0.493 e. The van der Waals surface area contributed by atoms with Crippen LogP contribution in [0.2, 0.25) is 10.0 Å². The van der Waals surface area contributed by atoms with Gasteiger partial charge in [0.1, 0.15) is 6.61 Å². The first-order chi connectivity index (χ1) is 17.2. The molecule has 0 spiro atoms. The number of amides is 2. The van der Waals surface area contributed by atoms with Crippen molar-refractivity contribution in [1.82, 2.24) is 4.90 Å². The number of nitro benzene ring substituents is 1. The van der Waals surface area contributed by atoms with E-state index in [1.54, 1.807) is 54.6 Å². The summed E-state index contributed by atoms with van der Waals surface area (Å²) in [5.74, 6) is 0.481. The Kier molecular flexibility index (Phi) is 7.83. The smallest absolute Gasteiger partial charge is 0.293 e. The molecule has 1 heterocycles. The fourth-order valence-corrected chi connectivity index (χ4v) is 4.54. The van der Waals surface area contributed by atoms with Gasteiger partial charge in [0, 0.05) is 12.1 Å². The van der Waals surface area contributed by atoms with E-state index in [0.717, 1.165) is 22.2 Å². The van der Waals surface area contributed by atoms with Gasteiger partial charge < -0.3 is 9.47 Å². The van der Waals surface area contributed by atoms with E-state index in [4.69, 9.17) is 32.7 Å². The van der Waals surface area contributed by atoms with Crippen molar-refractivity contribution >= 4 is 57.9 Å². The molecule has 1 fully saturated rings. The highest BCUT2D eigenvalue weighted by molar-refractivity contribution is 8.18. The predicted octanol–water partition coefficient (Wildman–Crippen LogP) is 6.73. The van der Waals surface area contributed by atoms with E-state index >= 15 is 0 Å². The van der Waals surface area contributed by atoms with Crippen molar-refractivity contribution in [2.45, 2.75) is 13.2 Å². The Balaban J connectivity index is 1.46. The van der Waals surface area contributed by atoms with Gasteiger partial charge in [0.05, 0.1) is 33.5 Å². The molecular formula is C25H18Cl2N2O6S. The van der Waals surface area contributed by atoms with Crippen molar-refractivity contribution in [3.8, 4) is 11.5 Å². The normalized spacial score (nSPS) is 14.4. The number of hydrogen-bond donors (Lipinski definition) is 0. The third-order valence-corrected chi connectivity index (χ3v) is 6.87. The molecule has 11 heteroatoms. The second kappa shape index (κ2) is 11.0. The van der Waals surface area contributed by atoms with Gasteiger partial charge in [0.15, 0.2) is 11.5 Å². The number of thioether (sulfide) groups is 1. The lowest BCUT2D eigenvalue weighted by Crippen LogP contribution is -2.27. The highest BCUT2D eigenvalue weighted by Crippen LogP contribution is 2.36. The Labute approximate surface area is 220 Å². The third kappa shape index (κ3) is 5.81. The maximum Gasteiger partial charge on any atom is 0.293 e. The van der Waals surface area contributed by atoms with Gasteiger partial charge in [0.25, 0.3) is 16.8 Å². The predicted molar refractivity (Wildman–Crippen MR) is 138 cm³/mol. The van der Waals surface area contributed by atoms with Crippen molar-refractivity contribution in [2.75, 3.05) is 7.11 Å². The molecule has 0 atom stereocenters. The summed E-state index contributed by atoms with van der Waals surface area (Å²) in [5, 5.41) is 11.1. The van der Waals surface area contributed by atoms with Crippen LogP contribution in [-0.4, -0.2) is 28.1 Å². The molecule has 0 unspecified atom stereocenters. The zero-order valence-electron chi connectivity index (χ0n) is 18.8. The van der Waals surface area contributed by atoms with Crippen LogP contribution in [0, 0.1) is 10.1 Å². The van der Waals surface area contributed by atoms with Crippen molar-refractivity contribution in [3.63, 3.8) is 0 Å². The molecule has 0 N–H and O–H groups in total.